The summed E-state index contributed by atoms with van der Waals surface area (Å²) >= 11 is 1.21. The number of carbonyl (C=O) groups is 1. The summed E-state index contributed by atoms with van der Waals surface area (Å²) in [5.41, 5.74) is -0.0943. The number of rotatable bonds is 5. The van der Waals surface area contributed by atoms with Crippen LogP contribution in [0, 0.1) is 5.41 Å². The van der Waals surface area contributed by atoms with Crippen molar-refractivity contribution in [3.63, 3.8) is 0 Å². The minimum absolute atomic E-state index is 0.0507. The van der Waals surface area contributed by atoms with E-state index < -0.39 is 5.41 Å². The zero-order valence-corrected chi connectivity index (χ0v) is 16.6. The fourth-order valence-corrected chi connectivity index (χ4v) is 3.04. The van der Waals surface area contributed by atoms with Crippen molar-refractivity contribution < 1.29 is 19.0 Å². The topological polar surface area (TPSA) is 77.6 Å². The van der Waals surface area contributed by atoms with Gasteiger partial charge in [0.2, 0.25) is 0 Å². The fourth-order valence-electron chi connectivity index (χ4n) is 2.17. The number of H-pyrrole nitrogens is 1. The third-order valence-electron chi connectivity index (χ3n) is 3.70. The SMILES string of the molecule is COc1cc(OC)c(OC)cc1/C=c1\s/c(=C\C(=O)C(C)(C)C)[nH]c1=O. The van der Waals surface area contributed by atoms with E-state index in [2.05, 4.69) is 4.98 Å². The third-order valence-corrected chi connectivity index (χ3v) is 4.67. The maximum Gasteiger partial charge on any atom is 0.266 e. The molecule has 0 aliphatic heterocycles. The van der Waals surface area contributed by atoms with Gasteiger partial charge in [-0.1, -0.05) is 20.8 Å². The molecular formula is C19H23NO5S. The maximum atomic E-state index is 12.2. The molecule has 0 fully saturated rings. The lowest BCUT2D eigenvalue weighted by atomic mass is 9.91. The molecule has 0 aliphatic rings. The van der Waals surface area contributed by atoms with Crippen LogP contribution in [0.1, 0.15) is 26.3 Å². The zero-order valence-electron chi connectivity index (χ0n) is 15.8. The minimum atomic E-state index is -0.503. The number of ether oxygens (including phenoxy) is 3. The van der Waals surface area contributed by atoms with Crippen LogP contribution in [0.2, 0.25) is 0 Å². The first-order chi connectivity index (χ1) is 12.2. The number of carbonyl (C=O) groups excluding carboxylic acids is 1. The third kappa shape index (κ3) is 4.35. The molecule has 0 radical (unpaired) electrons. The van der Waals surface area contributed by atoms with Crippen LogP contribution >= 0.6 is 11.3 Å². The molecular weight excluding hydrogens is 354 g/mol. The molecule has 1 aromatic heterocycles. The molecule has 0 saturated carbocycles. The van der Waals surface area contributed by atoms with Crippen molar-refractivity contribution >= 4 is 29.3 Å². The lowest BCUT2D eigenvalue weighted by Crippen LogP contribution is -2.22. The van der Waals surface area contributed by atoms with Gasteiger partial charge in [0.25, 0.3) is 5.56 Å². The van der Waals surface area contributed by atoms with Crippen LogP contribution in [0.25, 0.3) is 12.2 Å². The Morgan fingerprint density at radius 3 is 2.15 bits per heavy atom. The first kappa shape index (κ1) is 19.8. The van der Waals surface area contributed by atoms with Gasteiger partial charge in [-0.05, 0) is 12.1 Å². The normalized spacial score (nSPS) is 13.0. The number of benzene rings is 1. The van der Waals surface area contributed by atoms with E-state index in [1.54, 1.807) is 32.4 Å². The van der Waals surface area contributed by atoms with Crippen molar-refractivity contribution in [3.05, 3.63) is 37.2 Å². The molecule has 0 spiro atoms. The molecule has 0 amide bonds. The summed E-state index contributed by atoms with van der Waals surface area (Å²) in [6.45, 7) is 5.50. The number of ketones is 1. The van der Waals surface area contributed by atoms with Crippen LogP contribution in [0.5, 0.6) is 17.2 Å². The summed E-state index contributed by atoms with van der Waals surface area (Å²) in [4.78, 5) is 27.1. The highest BCUT2D eigenvalue weighted by molar-refractivity contribution is 7.07. The zero-order chi connectivity index (χ0) is 19.5. The number of hydrogen-bond acceptors (Lipinski definition) is 6. The van der Waals surface area contributed by atoms with Gasteiger partial charge in [0.15, 0.2) is 17.3 Å². The Kier molecular flexibility index (Phi) is 5.92. The highest BCUT2D eigenvalue weighted by atomic mass is 32.1. The molecule has 140 valence electrons. The van der Waals surface area contributed by atoms with Crippen molar-refractivity contribution in [2.45, 2.75) is 20.8 Å². The predicted molar refractivity (Wildman–Crippen MR) is 103 cm³/mol. The molecule has 0 atom stereocenters. The quantitative estimate of drug-likeness (QED) is 0.858. The molecule has 0 saturated heterocycles. The first-order valence-corrected chi connectivity index (χ1v) is 8.78. The molecule has 0 bridgehead atoms. The molecule has 26 heavy (non-hydrogen) atoms. The molecule has 7 heteroatoms. The molecule has 6 nitrogen and oxygen atoms in total. The van der Waals surface area contributed by atoms with Crippen LogP contribution < -0.4 is 29.0 Å². The van der Waals surface area contributed by atoms with Gasteiger partial charge in [-0.3, -0.25) is 9.59 Å². The number of Topliss-reactive ketones (excluding diaryl/α,β-unsaturated/α-hetero) is 1. The molecule has 1 heterocycles. The van der Waals surface area contributed by atoms with Crippen LogP contribution in [-0.2, 0) is 4.79 Å². The molecule has 2 aromatic rings. The predicted octanol–water partition coefficient (Wildman–Crippen LogP) is 1.69. The number of hydrogen-bond donors (Lipinski definition) is 1. The second kappa shape index (κ2) is 7.78. The highest BCUT2D eigenvalue weighted by Crippen LogP contribution is 2.34. The molecule has 1 N–H and O–H groups in total. The maximum absolute atomic E-state index is 12.2. The van der Waals surface area contributed by atoms with Gasteiger partial charge in [0.05, 0.1) is 30.5 Å². The number of aromatic amines is 1. The lowest BCUT2D eigenvalue weighted by molar-refractivity contribution is -0.119. The summed E-state index contributed by atoms with van der Waals surface area (Å²) in [7, 11) is 4.62. The van der Waals surface area contributed by atoms with Crippen molar-refractivity contribution in [1.29, 1.82) is 0 Å². The Balaban J connectivity index is 2.60. The largest absolute Gasteiger partial charge is 0.496 e. The van der Waals surface area contributed by atoms with E-state index in [9.17, 15) is 9.59 Å². The highest BCUT2D eigenvalue weighted by Gasteiger charge is 2.18. The monoisotopic (exact) mass is 377 g/mol. The number of aromatic nitrogens is 1. The summed E-state index contributed by atoms with van der Waals surface area (Å²) in [5.74, 6) is 1.56. The van der Waals surface area contributed by atoms with E-state index in [4.69, 9.17) is 14.2 Å². The van der Waals surface area contributed by atoms with E-state index in [-0.39, 0.29) is 11.3 Å². The summed E-state index contributed by atoms with van der Waals surface area (Å²) in [6, 6.07) is 3.43. The standard InChI is InChI=1S/C19H23NO5S/c1-19(2,3)16(21)10-17-20-18(22)15(26-17)8-11-7-13(24-5)14(25-6)9-12(11)23-4/h7-10H,1-6H3,(H,20,22)/b15-8-,17-10-. The van der Waals surface area contributed by atoms with Gasteiger partial charge in [0, 0.05) is 23.1 Å². The minimum Gasteiger partial charge on any atom is -0.496 e. The summed E-state index contributed by atoms with van der Waals surface area (Å²) in [5, 5.41) is 0. The van der Waals surface area contributed by atoms with Gasteiger partial charge in [0.1, 0.15) is 5.75 Å². The molecule has 0 unspecified atom stereocenters. The van der Waals surface area contributed by atoms with E-state index in [0.717, 1.165) is 0 Å². The average molecular weight is 377 g/mol. The van der Waals surface area contributed by atoms with Crippen LogP contribution in [0.15, 0.2) is 16.9 Å². The second-order valence-corrected chi connectivity index (χ2v) is 7.72. The Morgan fingerprint density at radius 1 is 1.04 bits per heavy atom. The van der Waals surface area contributed by atoms with Crippen LogP contribution in [-0.4, -0.2) is 32.1 Å². The Bertz CT molecular complexity index is 979. The van der Waals surface area contributed by atoms with Gasteiger partial charge < -0.3 is 19.2 Å². The van der Waals surface area contributed by atoms with E-state index in [0.29, 0.717) is 32.0 Å². The van der Waals surface area contributed by atoms with Crippen molar-refractivity contribution in [2.24, 2.45) is 5.41 Å². The number of nitrogens with one attached hydrogen (secondary N) is 1. The smallest absolute Gasteiger partial charge is 0.266 e. The molecule has 0 aliphatic carbocycles. The van der Waals surface area contributed by atoms with Gasteiger partial charge in [-0.25, -0.2) is 0 Å². The number of methoxy groups -OCH3 is 3. The average Bonchev–Trinajstić information content (AvgIpc) is 2.92. The van der Waals surface area contributed by atoms with Gasteiger partial charge >= 0.3 is 0 Å². The van der Waals surface area contributed by atoms with Crippen LogP contribution in [0.3, 0.4) is 0 Å². The van der Waals surface area contributed by atoms with E-state index in [1.165, 1.54) is 24.5 Å². The van der Waals surface area contributed by atoms with Crippen molar-refractivity contribution in [2.75, 3.05) is 21.3 Å². The van der Waals surface area contributed by atoms with E-state index >= 15 is 0 Å². The first-order valence-electron chi connectivity index (χ1n) is 7.96. The van der Waals surface area contributed by atoms with Crippen LogP contribution in [0.4, 0.5) is 0 Å². The Morgan fingerprint density at radius 2 is 1.62 bits per heavy atom. The summed E-state index contributed by atoms with van der Waals surface area (Å²) in [6.07, 6.45) is 3.17. The Labute approximate surface area is 155 Å². The summed E-state index contributed by atoms with van der Waals surface area (Å²) < 4.78 is 16.9. The second-order valence-electron chi connectivity index (χ2n) is 6.64. The van der Waals surface area contributed by atoms with E-state index in [1.807, 2.05) is 20.8 Å². The molecule has 1 aromatic carbocycles. The fraction of sp³-hybridized carbons (Fsp3) is 0.368. The lowest BCUT2D eigenvalue weighted by Gasteiger charge is -2.12. The Hall–Kier alpha value is -2.54. The van der Waals surface area contributed by atoms with Gasteiger partial charge in [-0.2, -0.15) is 0 Å². The van der Waals surface area contributed by atoms with Crippen molar-refractivity contribution in [3.8, 4) is 17.2 Å². The molecule has 2 rings (SSSR count). The number of thiazole rings is 1. The van der Waals surface area contributed by atoms with Gasteiger partial charge in [-0.15, -0.1) is 11.3 Å². The van der Waals surface area contributed by atoms with Crippen molar-refractivity contribution in [1.82, 2.24) is 4.98 Å².